The molecule has 0 radical (unpaired) electrons. The molecule has 2 fully saturated rings. The highest BCUT2D eigenvalue weighted by Crippen LogP contribution is 2.53. The molecule has 2 saturated carbocycles. The van der Waals surface area contributed by atoms with E-state index in [1.807, 2.05) is 31.2 Å². The summed E-state index contributed by atoms with van der Waals surface area (Å²) in [6.45, 7) is 4.12. The summed E-state index contributed by atoms with van der Waals surface area (Å²) >= 11 is 0. The number of benzene rings is 3. The van der Waals surface area contributed by atoms with Gasteiger partial charge in [0.15, 0.2) is 5.76 Å². The number of nitrogens with one attached hydrogen (secondary N) is 1. The maximum Gasteiger partial charge on any atom is 0.336 e. The highest BCUT2D eigenvalue weighted by Gasteiger charge is 2.43. The van der Waals surface area contributed by atoms with E-state index in [2.05, 4.69) is 59.9 Å². The van der Waals surface area contributed by atoms with E-state index in [9.17, 15) is 9.90 Å². The van der Waals surface area contributed by atoms with E-state index in [1.165, 1.54) is 5.56 Å². The van der Waals surface area contributed by atoms with Crippen LogP contribution in [0.25, 0.3) is 22.5 Å². The average Bonchev–Trinajstić information content (AvgIpc) is 3.83. The minimum Gasteiger partial charge on any atom is -0.478 e. The Balaban J connectivity index is 1.41. The molecule has 3 unspecified atom stereocenters. The van der Waals surface area contributed by atoms with E-state index >= 15 is 0 Å². The van der Waals surface area contributed by atoms with Crippen molar-refractivity contribution in [1.29, 1.82) is 0 Å². The highest BCUT2D eigenvalue weighted by molar-refractivity contribution is 6.00. The van der Waals surface area contributed by atoms with Crippen LogP contribution in [-0.2, 0) is 0 Å². The minimum absolute atomic E-state index is 0.196. The number of aromatic carboxylic acids is 1. The summed E-state index contributed by atoms with van der Waals surface area (Å²) in [5.74, 6) is 0.942. The lowest BCUT2D eigenvalue weighted by molar-refractivity contribution is 0.0697. The van der Waals surface area contributed by atoms with Gasteiger partial charge in [-0.2, -0.15) is 0 Å². The van der Waals surface area contributed by atoms with Crippen LogP contribution in [0.1, 0.15) is 65.2 Å². The number of aryl methyl sites for hydroxylation is 1. The average molecular weight is 479 g/mol. The van der Waals surface area contributed by atoms with Crippen LogP contribution >= 0.6 is 0 Å². The fourth-order valence-electron chi connectivity index (χ4n) is 5.60. The second-order valence-corrected chi connectivity index (χ2v) is 10.2. The third-order valence-corrected chi connectivity index (χ3v) is 7.72. The molecule has 6 rings (SSSR count). The Bertz CT molecular complexity index is 1410. The molecule has 2 aliphatic rings. The van der Waals surface area contributed by atoms with Crippen molar-refractivity contribution in [1.82, 2.24) is 5.16 Å². The zero-order valence-electron chi connectivity index (χ0n) is 20.6. The van der Waals surface area contributed by atoms with Crippen molar-refractivity contribution >= 4 is 11.7 Å². The van der Waals surface area contributed by atoms with Crippen molar-refractivity contribution in [3.63, 3.8) is 0 Å². The maximum atomic E-state index is 12.4. The van der Waals surface area contributed by atoms with Gasteiger partial charge in [0.2, 0.25) is 0 Å². The van der Waals surface area contributed by atoms with Crippen LogP contribution in [0.5, 0.6) is 0 Å². The Morgan fingerprint density at radius 1 is 1.03 bits per heavy atom. The molecule has 3 atom stereocenters. The Labute approximate surface area is 211 Å². The van der Waals surface area contributed by atoms with Gasteiger partial charge in [-0.1, -0.05) is 71.9 Å². The first-order valence-corrected chi connectivity index (χ1v) is 12.8. The summed E-state index contributed by atoms with van der Waals surface area (Å²) in [5, 5.41) is 18.1. The lowest BCUT2D eigenvalue weighted by atomic mass is 9.87. The highest BCUT2D eigenvalue weighted by atomic mass is 16.5. The van der Waals surface area contributed by atoms with Crippen LogP contribution < -0.4 is 5.32 Å². The van der Waals surface area contributed by atoms with E-state index in [0.29, 0.717) is 29.1 Å². The topological polar surface area (TPSA) is 75.4 Å². The van der Waals surface area contributed by atoms with Crippen LogP contribution in [-0.4, -0.2) is 22.3 Å². The van der Waals surface area contributed by atoms with Crippen LogP contribution in [0.2, 0.25) is 0 Å². The molecule has 4 aromatic rings. The number of carboxylic acid groups (broad SMARTS) is 1. The van der Waals surface area contributed by atoms with Gasteiger partial charge in [-0.15, -0.1) is 0 Å². The van der Waals surface area contributed by atoms with Crippen molar-refractivity contribution in [2.75, 3.05) is 5.32 Å². The van der Waals surface area contributed by atoms with Crippen molar-refractivity contribution in [2.45, 2.75) is 51.0 Å². The smallest absolute Gasteiger partial charge is 0.336 e. The van der Waals surface area contributed by atoms with Crippen LogP contribution in [0.4, 0.5) is 5.69 Å². The second-order valence-electron chi connectivity index (χ2n) is 10.2. The van der Waals surface area contributed by atoms with Crippen molar-refractivity contribution in [3.8, 4) is 22.5 Å². The monoisotopic (exact) mass is 478 g/mol. The van der Waals surface area contributed by atoms with Gasteiger partial charge >= 0.3 is 5.97 Å². The standard InChI is InChI=1S/C31H30N2O3/c1-18(25-17-26(25)21-11-7-4-8-12-21)32-29-19(2)33-36-30(29)28-24(31(34)35)16-15-23(27(28)22-13-14-22)20-9-5-3-6-10-20/h3-12,15-16,18,22,25-26,32H,13-14,17H2,1-2H3,(H,34,35). The van der Waals surface area contributed by atoms with E-state index in [1.54, 1.807) is 6.07 Å². The minimum atomic E-state index is -0.953. The van der Waals surface area contributed by atoms with Gasteiger partial charge < -0.3 is 14.9 Å². The van der Waals surface area contributed by atoms with E-state index in [4.69, 9.17) is 4.52 Å². The summed E-state index contributed by atoms with van der Waals surface area (Å²) in [6, 6.07) is 24.7. The van der Waals surface area contributed by atoms with E-state index in [0.717, 1.165) is 47.3 Å². The molecule has 1 aromatic heterocycles. The number of carboxylic acids is 1. The molecule has 1 heterocycles. The lowest BCUT2D eigenvalue weighted by Crippen LogP contribution is -2.19. The molecule has 0 saturated heterocycles. The first-order chi connectivity index (χ1) is 17.5. The molecule has 0 bridgehead atoms. The molecular weight excluding hydrogens is 448 g/mol. The molecule has 182 valence electrons. The fraction of sp³-hybridized carbons (Fsp3) is 0.290. The van der Waals surface area contributed by atoms with Gasteiger partial charge in [-0.25, -0.2) is 4.79 Å². The maximum absolute atomic E-state index is 12.4. The third kappa shape index (κ3) is 4.09. The Kier molecular flexibility index (Phi) is 5.63. The molecule has 0 aliphatic heterocycles. The van der Waals surface area contributed by atoms with Crippen LogP contribution in [0.15, 0.2) is 77.3 Å². The third-order valence-electron chi connectivity index (χ3n) is 7.72. The van der Waals surface area contributed by atoms with Crippen LogP contribution in [0.3, 0.4) is 0 Å². The van der Waals surface area contributed by atoms with Crippen LogP contribution in [0, 0.1) is 12.8 Å². The molecule has 36 heavy (non-hydrogen) atoms. The molecule has 5 nitrogen and oxygen atoms in total. The number of rotatable bonds is 8. The number of hydrogen-bond acceptors (Lipinski definition) is 4. The molecular formula is C31H30N2O3. The predicted molar refractivity (Wildman–Crippen MR) is 141 cm³/mol. The van der Waals surface area contributed by atoms with Gasteiger partial charge in [-0.3, -0.25) is 0 Å². The lowest BCUT2D eigenvalue weighted by Gasteiger charge is -2.19. The summed E-state index contributed by atoms with van der Waals surface area (Å²) in [6.07, 6.45) is 3.22. The van der Waals surface area contributed by atoms with E-state index in [-0.39, 0.29) is 11.6 Å². The first-order valence-electron chi connectivity index (χ1n) is 12.8. The van der Waals surface area contributed by atoms with Crippen molar-refractivity contribution < 1.29 is 14.4 Å². The number of anilines is 1. The van der Waals surface area contributed by atoms with Gasteiger partial charge in [-0.05, 0) is 79.2 Å². The number of carbonyl (C=O) groups is 1. The van der Waals surface area contributed by atoms with Gasteiger partial charge in [0.1, 0.15) is 11.4 Å². The van der Waals surface area contributed by atoms with E-state index < -0.39 is 5.97 Å². The molecule has 3 aromatic carbocycles. The molecule has 0 amide bonds. The number of hydrogen-bond donors (Lipinski definition) is 2. The molecule has 2 aliphatic carbocycles. The second kappa shape index (κ2) is 8.98. The first kappa shape index (κ1) is 22.6. The quantitative estimate of drug-likeness (QED) is 0.274. The number of aromatic nitrogens is 1. The Morgan fingerprint density at radius 2 is 1.72 bits per heavy atom. The summed E-state index contributed by atoms with van der Waals surface area (Å²) in [4.78, 5) is 12.4. The largest absolute Gasteiger partial charge is 0.478 e. The van der Waals surface area contributed by atoms with Crippen molar-refractivity contribution in [3.05, 3.63) is 95.2 Å². The van der Waals surface area contributed by atoms with Crippen molar-refractivity contribution in [2.24, 2.45) is 5.92 Å². The fourth-order valence-corrected chi connectivity index (χ4v) is 5.60. The molecule has 0 spiro atoms. The predicted octanol–water partition coefficient (Wildman–Crippen LogP) is 7.50. The Hall–Kier alpha value is -3.86. The van der Waals surface area contributed by atoms with Gasteiger partial charge in [0.05, 0.1) is 5.56 Å². The summed E-state index contributed by atoms with van der Waals surface area (Å²) in [7, 11) is 0. The summed E-state index contributed by atoms with van der Waals surface area (Å²) in [5.41, 5.74) is 7.06. The van der Waals surface area contributed by atoms with Gasteiger partial charge in [0, 0.05) is 11.6 Å². The zero-order chi connectivity index (χ0) is 24.8. The Morgan fingerprint density at radius 3 is 2.39 bits per heavy atom. The number of nitrogens with zero attached hydrogens (tertiary/aromatic N) is 1. The SMILES string of the molecule is Cc1noc(-c2c(C(=O)O)ccc(-c3ccccc3)c2C2CC2)c1NC(C)C1CC1c1ccccc1. The summed E-state index contributed by atoms with van der Waals surface area (Å²) < 4.78 is 5.92. The molecule has 2 N–H and O–H groups in total. The molecule has 5 heteroatoms. The van der Waals surface area contributed by atoms with Gasteiger partial charge in [0.25, 0.3) is 0 Å². The zero-order valence-corrected chi connectivity index (χ0v) is 20.6. The normalized spacial score (nSPS) is 19.6.